The van der Waals surface area contributed by atoms with Crippen LogP contribution in [0, 0.1) is 5.41 Å². The van der Waals surface area contributed by atoms with Crippen LogP contribution in [-0.2, 0) is 11.2 Å². The molecule has 0 atom stereocenters. The number of piperidine rings is 1. The summed E-state index contributed by atoms with van der Waals surface area (Å²) in [6, 6.07) is 5.87. The van der Waals surface area contributed by atoms with Crippen molar-refractivity contribution in [3.63, 3.8) is 0 Å². The highest BCUT2D eigenvalue weighted by Gasteiger charge is 2.37. The van der Waals surface area contributed by atoms with Gasteiger partial charge < -0.3 is 10.2 Å². The lowest BCUT2D eigenvalue weighted by Crippen LogP contribution is -2.44. The molecule has 0 saturated carbocycles. The van der Waals surface area contributed by atoms with E-state index >= 15 is 0 Å². The van der Waals surface area contributed by atoms with Crippen LogP contribution in [0.5, 0.6) is 0 Å². The van der Waals surface area contributed by atoms with Gasteiger partial charge in [0.15, 0.2) is 0 Å². The first-order chi connectivity index (χ1) is 9.77. The second-order valence-corrected chi connectivity index (χ2v) is 6.13. The van der Waals surface area contributed by atoms with E-state index < -0.39 is 0 Å². The maximum atomic E-state index is 12.3. The van der Waals surface area contributed by atoms with Crippen LogP contribution in [0.15, 0.2) is 24.4 Å². The monoisotopic (exact) mass is 273 g/mol. The van der Waals surface area contributed by atoms with Crippen LogP contribution in [0.1, 0.15) is 31.4 Å². The largest absolute Gasteiger partial charge is 0.343 e. The first-order valence-electron chi connectivity index (χ1n) is 7.66. The number of aromatic nitrogens is 1. The van der Waals surface area contributed by atoms with Crippen LogP contribution < -0.4 is 5.32 Å². The van der Waals surface area contributed by atoms with Gasteiger partial charge in [0.2, 0.25) is 5.91 Å². The third kappa shape index (κ3) is 3.01. The summed E-state index contributed by atoms with van der Waals surface area (Å²) in [5.41, 5.74) is 1.49. The summed E-state index contributed by atoms with van der Waals surface area (Å²) in [6.07, 6.45) is 6.73. The number of nitrogens with zero attached hydrogens (tertiary/aromatic N) is 2. The number of carbonyl (C=O) groups is 1. The molecule has 0 aromatic carbocycles. The smallest absolute Gasteiger partial charge is 0.222 e. The number of pyridine rings is 1. The lowest BCUT2D eigenvalue weighted by atomic mass is 9.78. The molecule has 20 heavy (non-hydrogen) atoms. The summed E-state index contributed by atoms with van der Waals surface area (Å²) < 4.78 is 0. The van der Waals surface area contributed by atoms with Gasteiger partial charge >= 0.3 is 0 Å². The number of aryl methyl sites for hydroxylation is 1. The molecule has 3 heterocycles. The minimum absolute atomic E-state index is 0.288. The van der Waals surface area contributed by atoms with E-state index in [0.717, 1.165) is 51.1 Å². The Balaban J connectivity index is 1.47. The van der Waals surface area contributed by atoms with Crippen molar-refractivity contribution < 1.29 is 4.79 Å². The third-order valence-electron chi connectivity index (χ3n) is 4.83. The maximum absolute atomic E-state index is 12.3. The summed E-state index contributed by atoms with van der Waals surface area (Å²) in [5.74, 6) is 0.288. The molecule has 1 N–H and O–H groups in total. The van der Waals surface area contributed by atoms with Crippen molar-refractivity contribution >= 4 is 5.91 Å². The van der Waals surface area contributed by atoms with Crippen molar-refractivity contribution in [2.45, 2.75) is 32.1 Å². The zero-order valence-electron chi connectivity index (χ0n) is 12.0. The second-order valence-electron chi connectivity index (χ2n) is 6.13. The van der Waals surface area contributed by atoms with Gasteiger partial charge in [0, 0.05) is 37.9 Å². The van der Waals surface area contributed by atoms with Gasteiger partial charge in [0.1, 0.15) is 0 Å². The Kier molecular flexibility index (Phi) is 4.01. The molecule has 0 bridgehead atoms. The highest BCUT2D eigenvalue weighted by atomic mass is 16.2. The fourth-order valence-corrected chi connectivity index (χ4v) is 3.39. The van der Waals surface area contributed by atoms with Crippen LogP contribution >= 0.6 is 0 Å². The lowest BCUT2D eigenvalue weighted by molar-refractivity contribution is -0.133. The van der Waals surface area contributed by atoms with Gasteiger partial charge in [-0.15, -0.1) is 0 Å². The number of nitrogens with one attached hydrogen (secondary N) is 1. The predicted molar refractivity (Wildman–Crippen MR) is 78.3 cm³/mol. The normalized spacial score (nSPS) is 21.3. The van der Waals surface area contributed by atoms with Gasteiger partial charge in [-0.05, 0) is 49.8 Å². The van der Waals surface area contributed by atoms with Crippen molar-refractivity contribution in [2.75, 3.05) is 26.2 Å². The lowest BCUT2D eigenvalue weighted by Gasteiger charge is -2.39. The Morgan fingerprint density at radius 2 is 2.15 bits per heavy atom. The Labute approximate surface area is 120 Å². The van der Waals surface area contributed by atoms with E-state index in [1.54, 1.807) is 6.20 Å². The maximum Gasteiger partial charge on any atom is 0.222 e. The first kappa shape index (κ1) is 13.6. The van der Waals surface area contributed by atoms with Crippen LogP contribution in [0.4, 0.5) is 0 Å². The Morgan fingerprint density at radius 3 is 2.80 bits per heavy atom. The average Bonchev–Trinajstić information content (AvgIpc) is 2.95. The molecule has 1 aromatic rings. The number of likely N-dealkylation sites (tertiary alicyclic amines) is 1. The molecule has 4 heteroatoms. The van der Waals surface area contributed by atoms with Gasteiger partial charge in [-0.1, -0.05) is 6.07 Å². The molecule has 2 saturated heterocycles. The summed E-state index contributed by atoms with van der Waals surface area (Å²) in [5, 5.41) is 3.46. The van der Waals surface area contributed by atoms with E-state index in [1.165, 1.54) is 6.42 Å². The van der Waals surface area contributed by atoms with Crippen molar-refractivity contribution in [1.29, 1.82) is 0 Å². The molecular weight excluding hydrogens is 250 g/mol. The zero-order chi connectivity index (χ0) is 13.8. The van der Waals surface area contributed by atoms with Gasteiger partial charge in [-0.3, -0.25) is 9.78 Å². The van der Waals surface area contributed by atoms with Crippen LogP contribution in [0.3, 0.4) is 0 Å². The Morgan fingerprint density at radius 1 is 1.30 bits per heavy atom. The van der Waals surface area contributed by atoms with Crippen molar-refractivity contribution in [3.8, 4) is 0 Å². The van der Waals surface area contributed by atoms with E-state index in [1.807, 2.05) is 23.1 Å². The number of carbonyl (C=O) groups excluding carboxylic acids is 1. The number of amides is 1. The van der Waals surface area contributed by atoms with Crippen molar-refractivity contribution in [2.24, 2.45) is 5.41 Å². The number of rotatable bonds is 3. The summed E-state index contributed by atoms with van der Waals surface area (Å²) in [7, 11) is 0. The highest BCUT2D eigenvalue weighted by molar-refractivity contribution is 5.76. The molecule has 0 radical (unpaired) electrons. The molecule has 2 aliphatic heterocycles. The topological polar surface area (TPSA) is 45.2 Å². The molecule has 1 amide bonds. The molecule has 3 rings (SSSR count). The van der Waals surface area contributed by atoms with Crippen LogP contribution in [0.25, 0.3) is 0 Å². The molecule has 2 aliphatic rings. The van der Waals surface area contributed by atoms with Gasteiger partial charge in [0.25, 0.3) is 0 Å². The van der Waals surface area contributed by atoms with E-state index in [-0.39, 0.29) is 5.91 Å². The quantitative estimate of drug-likeness (QED) is 0.910. The second kappa shape index (κ2) is 5.92. The standard InChI is InChI=1S/C16H23N3O/c20-15(5-4-14-3-1-2-9-18-14)19-11-7-16(8-12-19)6-10-17-13-16/h1-3,9,17H,4-8,10-13H2. The molecule has 2 fully saturated rings. The van der Waals surface area contributed by atoms with E-state index in [2.05, 4.69) is 10.3 Å². The number of hydrogen-bond acceptors (Lipinski definition) is 3. The zero-order valence-corrected chi connectivity index (χ0v) is 12.0. The van der Waals surface area contributed by atoms with E-state index in [4.69, 9.17) is 0 Å². The van der Waals surface area contributed by atoms with E-state index in [0.29, 0.717) is 11.8 Å². The van der Waals surface area contributed by atoms with Gasteiger partial charge in [-0.2, -0.15) is 0 Å². The predicted octanol–water partition coefficient (Wildman–Crippen LogP) is 1.62. The Bertz CT molecular complexity index is 444. The molecule has 4 nitrogen and oxygen atoms in total. The SMILES string of the molecule is O=C(CCc1ccccn1)N1CCC2(CCNC2)CC1. The van der Waals surface area contributed by atoms with Crippen molar-refractivity contribution in [3.05, 3.63) is 30.1 Å². The summed E-state index contributed by atoms with van der Waals surface area (Å²) >= 11 is 0. The molecule has 0 aliphatic carbocycles. The van der Waals surface area contributed by atoms with Crippen LogP contribution in [-0.4, -0.2) is 42.0 Å². The fraction of sp³-hybridized carbons (Fsp3) is 0.625. The molecule has 108 valence electrons. The van der Waals surface area contributed by atoms with Crippen LogP contribution in [0.2, 0.25) is 0 Å². The minimum atomic E-state index is 0.288. The Hall–Kier alpha value is -1.42. The van der Waals surface area contributed by atoms with Gasteiger partial charge in [-0.25, -0.2) is 0 Å². The molecule has 1 aromatic heterocycles. The fourth-order valence-electron chi connectivity index (χ4n) is 3.39. The highest BCUT2D eigenvalue weighted by Crippen LogP contribution is 2.36. The average molecular weight is 273 g/mol. The molecule has 0 unspecified atom stereocenters. The molecule has 1 spiro atoms. The van der Waals surface area contributed by atoms with Crippen molar-refractivity contribution in [1.82, 2.24) is 15.2 Å². The van der Waals surface area contributed by atoms with Gasteiger partial charge in [0.05, 0.1) is 0 Å². The minimum Gasteiger partial charge on any atom is -0.343 e. The molecular formula is C16H23N3O. The summed E-state index contributed by atoms with van der Waals surface area (Å²) in [4.78, 5) is 18.6. The first-order valence-corrected chi connectivity index (χ1v) is 7.66. The number of hydrogen-bond donors (Lipinski definition) is 1. The summed E-state index contributed by atoms with van der Waals surface area (Å²) in [6.45, 7) is 4.15. The third-order valence-corrected chi connectivity index (χ3v) is 4.83. The van der Waals surface area contributed by atoms with E-state index in [9.17, 15) is 4.79 Å².